The maximum absolute atomic E-state index is 12.9. The van der Waals surface area contributed by atoms with Crippen molar-refractivity contribution in [2.75, 3.05) is 43.0 Å². The van der Waals surface area contributed by atoms with E-state index in [2.05, 4.69) is 15.6 Å². The Labute approximate surface area is 203 Å². The van der Waals surface area contributed by atoms with Gasteiger partial charge in [0.25, 0.3) is 11.8 Å². The van der Waals surface area contributed by atoms with Crippen molar-refractivity contribution < 1.29 is 23.1 Å². The smallest absolute Gasteiger partial charge is 0.256 e. The molecule has 2 aromatic rings. The van der Waals surface area contributed by atoms with Crippen LogP contribution >= 0.6 is 11.6 Å². The highest BCUT2D eigenvalue weighted by molar-refractivity contribution is 7.91. The number of aliphatic hydroxyl groups is 1. The summed E-state index contributed by atoms with van der Waals surface area (Å²) in [6, 6.07) is 5.17. The average molecular weight is 507 g/mol. The minimum Gasteiger partial charge on any atom is -0.390 e. The van der Waals surface area contributed by atoms with Gasteiger partial charge in [0, 0.05) is 53.8 Å². The molecule has 0 spiro atoms. The number of rotatable bonds is 6. The summed E-state index contributed by atoms with van der Waals surface area (Å²) in [5, 5.41) is 16.4. The number of benzene rings is 1. The number of hydrogen-bond donors (Lipinski definition) is 4. The van der Waals surface area contributed by atoms with E-state index in [-0.39, 0.29) is 36.4 Å². The summed E-state index contributed by atoms with van der Waals surface area (Å²) >= 11 is 6.10. The van der Waals surface area contributed by atoms with Gasteiger partial charge in [-0.1, -0.05) is 11.6 Å². The topological polar surface area (TPSA) is 132 Å². The second-order valence-electron chi connectivity index (χ2n) is 8.68. The highest BCUT2D eigenvalue weighted by atomic mass is 35.5. The summed E-state index contributed by atoms with van der Waals surface area (Å²) in [7, 11) is -2.98. The lowest BCUT2D eigenvalue weighted by Crippen LogP contribution is -2.46. The molecule has 3 heterocycles. The fourth-order valence-corrected chi connectivity index (χ4v) is 5.75. The van der Waals surface area contributed by atoms with E-state index in [4.69, 9.17) is 11.6 Å². The monoisotopic (exact) mass is 506 g/mol. The zero-order chi connectivity index (χ0) is 24.6. The Morgan fingerprint density at radius 2 is 2.00 bits per heavy atom. The van der Waals surface area contributed by atoms with Gasteiger partial charge in [0.2, 0.25) is 0 Å². The molecule has 4 N–H and O–H groups in total. The molecule has 4 rings (SSSR count). The zero-order valence-corrected chi connectivity index (χ0v) is 20.5. The van der Waals surface area contributed by atoms with Gasteiger partial charge in [-0.2, -0.15) is 0 Å². The van der Waals surface area contributed by atoms with Crippen molar-refractivity contribution in [2.45, 2.75) is 20.0 Å². The van der Waals surface area contributed by atoms with Crippen molar-refractivity contribution >= 4 is 50.6 Å². The molecule has 0 aliphatic carbocycles. The molecule has 2 aliphatic rings. The largest absolute Gasteiger partial charge is 0.390 e. The first kappa shape index (κ1) is 24.5. The first-order valence-corrected chi connectivity index (χ1v) is 13.1. The predicted octanol–water partition coefficient (Wildman–Crippen LogP) is 1.60. The Balaban J connectivity index is 1.44. The van der Waals surface area contributed by atoms with Crippen molar-refractivity contribution in [1.82, 2.24) is 15.2 Å². The van der Waals surface area contributed by atoms with Gasteiger partial charge < -0.3 is 20.7 Å². The maximum atomic E-state index is 12.9. The van der Waals surface area contributed by atoms with Crippen molar-refractivity contribution in [3.63, 3.8) is 0 Å². The van der Waals surface area contributed by atoms with E-state index < -0.39 is 15.9 Å². The van der Waals surface area contributed by atoms with E-state index in [0.29, 0.717) is 57.5 Å². The number of aromatic nitrogens is 1. The molecular formula is C23H27ClN4O5S. The van der Waals surface area contributed by atoms with Gasteiger partial charge in [-0.25, -0.2) is 8.42 Å². The Morgan fingerprint density at radius 3 is 2.71 bits per heavy atom. The number of nitrogens with one attached hydrogen (secondary N) is 3. The number of aromatic amines is 1. The van der Waals surface area contributed by atoms with Gasteiger partial charge in [0.05, 0.1) is 28.7 Å². The lowest BCUT2D eigenvalue weighted by molar-refractivity contribution is -0.110. The third-order valence-corrected chi connectivity index (χ3v) is 8.01. The quantitative estimate of drug-likeness (QED) is 0.440. The van der Waals surface area contributed by atoms with E-state index in [1.807, 2.05) is 4.90 Å². The van der Waals surface area contributed by atoms with Crippen LogP contribution in [0.25, 0.3) is 11.6 Å². The number of fused-ring (bicyclic) bond motifs is 1. The minimum absolute atomic E-state index is 0.0385. The normalized spacial score (nSPS) is 19.6. The van der Waals surface area contributed by atoms with Crippen molar-refractivity contribution in [3.8, 4) is 0 Å². The summed E-state index contributed by atoms with van der Waals surface area (Å²) in [6.45, 7) is 4.65. The lowest BCUT2D eigenvalue weighted by Gasteiger charge is -2.28. The van der Waals surface area contributed by atoms with Crippen LogP contribution in [-0.4, -0.2) is 79.0 Å². The molecular weight excluding hydrogens is 480 g/mol. The van der Waals surface area contributed by atoms with Crippen LogP contribution in [0.3, 0.4) is 0 Å². The van der Waals surface area contributed by atoms with Gasteiger partial charge in [-0.3, -0.25) is 14.5 Å². The number of aliphatic hydroxyl groups excluding tert-OH is 1. The molecule has 1 fully saturated rings. The number of amides is 2. The number of sulfone groups is 1. The van der Waals surface area contributed by atoms with E-state index >= 15 is 0 Å². The molecule has 0 unspecified atom stereocenters. The van der Waals surface area contributed by atoms with Gasteiger partial charge in [0.1, 0.15) is 0 Å². The predicted molar refractivity (Wildman–Crippen MR) is 132 cm³/mol. The van der Waals surface area contributed by atoms with Crippen LogP contribution in [0, 0.1) is 13.8 Å². The summed E-state index contributed by atoms with van der Waals surface area (Å²) in [6.07, 6.45) is 0.880. The van der Waals surface area contributed by atoms with Gasteiger partial charge in [-0.05, 0) is 43.7 Å². The zero-order valence-electron chi connectivity index (χ0n) is 18.9. The van der Waals surface area contributed by atoms with Crippen LogP contribution in [0.4, 0.5) is 5.69 Å². The summed E-state index contributed by atoms with van der Waals surface area (Å²) < 4.78 is 23.1. The molecule has 1 aromatic heterocycles. The fraction of sp³-hybridized carbons (Fsp3) is 0.391. The second-order valence-corrected chi connectivity index (χ2v) is 11.4. The Kier molecular flexibility index (Phi) is 6.86. The van der Waals surface area contributed by atoms with Crippen LogP contribution in [0.5, 0.6) is 0 Å². The van der Waals surface area contributed by atoms with E-state index in [0.717, 1.165) is 0 Å². The van der Waals surface area contributed by atoms with Gasteiger partial charge in [-0.15, -0.1) is 0 Å². The number of hydrogen-bond acceptors (Lipinski definition) is 6. The fourth-order valence-electron chi connectivity index (χ4n) is 4.30. The molecule has 2 amide bonds. The molecule has 1 saturated heterocycles. The Morgan fingerprint density at radius 1 is 1.29 bits per heavy atom. The number of aryl methyl sites for hydroxylation is 1. The Hall–Kier alpha value is -2.66. The van der Waals surface area contributed by atoms with Gasteiger partial charge in [0.15, 0.2) is 9.84 Å². The van der Waals surface area contributed by atoms with Crippen LogP contribution in [-0.2, 0) is 14.6 Å². The molecule has 9 nitrogen and oxygen atoms in total. The molecule has 1 atom stereocenters. The van der Waals surface area contributed by atoms with Gasteiger partial charge >= 0.3 is 0 Å². The van der Waals surface area contributed by atoms with Crippen LogP contribution in [0.15, 0.2) is 18.2 Å². The lowest BCUT2D eigenvalue weighted by atomic mass is 10.0. The average Bonchev–Trinajstić information content (AvgIpc) is 3.23. The van der Waals surface area contributed by atoms with Crippen LogP contribution in [0.1, 0.15) is 32.9 Å². The Bertz CT molecular complexity index is 1270. The van der Waals surface area contributed by atoms with Crippen LogP contribution < -0.4 is 10.6 Å². The van der Waals surface area contributed by atoms with Crippen molar-refractivity contribution in [2.24, 2.45) is 0 Å². The highest BCUT2D eigenvalue weighted by Gasteiger charge is 2.27. The second kappa shape index (κ2) is 9.53. The van der Waals surface area contributed by atoms with E-state index in [1.165, 1.54) is 0 Å². The third-order valence-electron chi connectivity index (χ3n) is 6.16. The number of anilines is 1. The summed E-state index contributed by atoms with van der Waals surface area (Å²) in [5.74, 6) is -0.416. The molecule has 0 radical (unpaired) electrons. The van der Waals surface area contributed by atoms with Crippen molar-refractivity contribution in [3.05, 3.63) is 51.3 Å². The number of nitrogens with zero attached hydrogens (tertiary/aromatic N) is 1. The molecule has 182 valence electrons. The third kappa shape index (κ3) is 5.20. The minimum atomic E-state index is -2.98. The van der Waals surface area contributed by atoms with Crippen molar-refractivity contribution in [1.29, 1.82) is 0 Å². The molecule has 0 saturated carbocycles. The summed E-state index contributed by atoms with van der Waals surface area (Å²) in [5.41, 5.74) is 4.24. The maximum Gasteiger partial charge on any atom is 0.256 e. The standard InChI is InChI=1S/C23H27ClN4O5S/c1-13-20(10-18-17-9-15(24)3-4-19(17)27-22(18)30)26-14(2)21(13)23(31)25-11-16(29)12-28-5-7-34(32,33)8-6-28/h3-4,9-10,16,26,29H,5-8,11-12H2,1-2H3,(H,25,31)(H,27,30)/t16-/m1/s1. The number of halogens is 1. The highest BCUT2D eigenvalue weighted by Crippen LogP contribution is 2.35. The molecule has 0 bridgehead atoms. The van der Waals surface area contributed by atoms with E-state index in [9.17, 15) is 23.1 Å². The SMILES string of the molecule is Cc1[nH]c(C=C2C(=O)Nc3ccc(Cl)cc32)c(C)c1C(=O)NC[C@@H](O)CN1CCS(=O)(=O)CC1. The molecule has 1 aromatic carbocycles. The number of carbonyl (C=O) groups is 2. The first-order chi connectivity index (χ1) is 16.0. The number of carbonyl (C=O) groups excluding carboxylic acids is 2. The summed E-state index contributed by atoms with van der Waals surface area (Å²) in [4.78, 5) is 30.4. The van der Waals surface area contributed by atoms with Crippen LogP contribution in [0.2, 0.25) is 5.02 Å². The molecule has 34 heavy (non-hydrogen) atoms. The number of H-pyrrole nitrogens is 1. The first-order valence-electron chi connectivity index (χ1n) is 11.0. The number of β-amino-alcohol motifs (C(OH)–C–C–N with tert-alkyl or cyclic N) is 1. The van der Waals surface area contributed by atoms with E-state index in [1.54, 1.807) is 38.1 Å². The molecule has 2 aliphatic heterocycles. The molecule has 11 heteroatoms.